The van der Waals surface area contributed by atoms with Crippen LogP contribution in [0.25, 0.3) is 0 Å². The fraction of sp³-hybridized carbons (Fsp3) is 0.0714. The van der Waals surface area contributed by atoms with Crippen molar-refractivity contribution in [2.45, 2.75) is 6.61 Å². The number of esters is 1. The summed E-state index contributed by atoms with van der Waals surface area (Å²) in [5.74, 6) is -1.52. The second-order valence-electron chi connectivity index (χ2n) is 4.02. The first-order valence-electron chi connectivity index (χ1n) is 5.63. The van der Waals surface area contributed by atoms with Crippen LogP contribution in [-0.2, 0) is 11.3 Å². The van der Waals surface area contributed by atoms with Gasteiger partial charge in [-0.2, -0.15) is 0 Å². The first-order chi connectivity index (χ1) is 9.08. The minimum atomic E-state index is -0.770. The molecule has 0 aliphatic heterocycles. The van der Waals surface area contributed by atoms with E-state index in [0.29, 0.717) is 0 Å². The third-order valence-corrected chi connectivity index (χ3v) is 2.61. The van der Waals surface area contributed by atoms with Crippen molar-refractivity contribution in [3.8, 4) is 0 Å². The molecule has 2 aromatic rings. The summed E-state index contributed by atoms with van der Waals surface area (Å²) in [5.41, 5.74) is 11.8. The number of carbonyl (C=O) groups excluding carboxylic acids is 1. The second-order valence-corrected chi connectivity index (χ2v) is 4.02. The molecule has 0 saturated carbocycles. The molecule has 0 radical (unpaired) electrons. The summed E-state index contributed by atoms with van der Waals surface area (Å²) in [6, 6.07) is 11.3. The van der Waals surface area contributed by atoms with Crippen LogP contribution in [0.3, 0.4) is 0 Å². The number of nitrogen functional groups attached to an aromatic ring is 2. The minimum absolute atomic E-state index is 0.0728. The van der Waals surface area contributed by atoms with Crippen LogP contribution in [0.2, 0.25) is 0 Å². The van der Waals surface area contributed by atoms with E-state index in [0.717, 1.165) is 11.6 Å². The lowest BCUT2D eigenvalue weighted by Gasteiger charge is -2.08. The summed E-state index contributed by atoms with van der Waals surface area (Å²) in [6.45, 7) is 0.0728. The maximum atomic E-state index is 13.6. The Bertz CT molecular complexity index is 600. The van der Waals surface area contributed by atoms with Crippen molar-refractivity contribution in [1.29, 1.82) is 0 Å². The molecule has 2 rings (SSSR count). The quantitative estimate of drug-likeness (QED) is 0.656. The first kappa shape index (κ1) is 12.9. The van der Waals surface area contributed by atoms with Gasteiger partial charge in [-0.15, -0.1) is 0 Å². The molecule has 98 valence electrons. The monoisotopic (exact) mass is 260 g/mol. The molecule has 4 N–H and O–H groups in total. The molecule has 0 saturated heterocycles. The van der Waals surface area contributed by atoms with Crippen LogP contribution in [0, 0.1) is 5.82 Å². The van der Waals surface area contributed by atoms with Crippen molar-refractivity contribution in [1.82, 2.24) is 0 Å². The van der Waals surface area contributed by atoms with Crippen molar-refractivity contribution in [3.63, 3.8) is 0 Å². The maximum Gasteiger partial charge on any atom is 0.341 e. The first-order valence-corrected chi connectivity index (χ1v) is 5.63. The maximum absolute atomic E-state index is 13.6. The number of carbonyl (C=O) groups is 1. The Morgan fingerprint density at radius 2 is 1.74 bits per heavy atom. The van der Waals surface area contributed by atoms with E-state index in [1.54, 1.807) is 12.1 Å². The highest BCUT2D eigenvalue weighted by atomic mass is 19.1. The SMILES string of the molecule is Nc1cc(F)c(C(=O)OCc2ccccc2)cc1N. The number of ether oxygens (including phenoxy) is 1. The van der Waals surface area contributed by atoms with Gasteiger partial charge in [0, 0.05) is 0 Å². The number of hydrogen-bond acceptors (Lipinski definition) is 4. The lowest BCUT2D eigenvalue weighted by atomic mass is 10.1. The van der Waals surface area contributed by atoms with Gasteiger partial charge in [-0.05, 0) is 17.7 Å². The molecule has 0 bridgehead atoms. The standard InChI is InChI=1S/C14H13FN2O2/c15-11-7-13(17)12(16)6-10(11)14(18)19-8-9-4-2-1-3-5-9/h1-7H,8,16-17H2. The highest BCUT2D eigenvalue weighted by Gasteiger charge is 2.15. The van der Waals surface area contributed by atoms with E-state index in [1.165, 1.54) is 6.07 Å². The van der Waals surface area contributed by atoms with Gasteiger partial charge in [0.2, 0.25) is 0 Å². The van der Waals surface area contributed by atoms with Gasteiger partial charge >= 0.3 is 5.97 Å². The highest BCUT2D eigenvalue weighted by Crippen LogP contribution is 2.20. The summed E-state index contributed by atoms with van der Waals surface area (Å²) in [6.07, 6.45) is 0. The predicted octanol–water partition coefficient (Wildman–Crippen LogP) is 2.35. The van der Waals surface area contributed by atoms with Crippen molar-refractivity contribution in [3.05, 3.63) is 59.4 Å². The van der Waals surface area contributed by atoms with E-state index in [1.807, 2.05) is 18.2 Å². The average Bonchev–Trinajstić information content (AvgIpc) is 2.41. The van der Waals surface area contributed by atoms with E-state index in [9.17, 15) is 9.18 Å². The zero-order valence-corrected chi connectivity index (χ0v) is 10.1. The van der Waals surface area contributed by atoms with Crippen molar-refractivity contribution < 1.29 is 13.9 Å². The van der Waals surface area contributed by atoms with Crippen molar-refractivity contribution in [2.24, 2.45) is 0 Å². The van der Waals surface area contributed by atoms with E-state index < -0.39 is 11.8 Å². The summed E-state index contributed by atoms with van der Waals surface area (Å²) >= 11 is 0. The summed E-state index contributed by atoms with van der Waals surface area (Å²) < 4.78 is 18.6. The number of anilines is 2. The van der Waals surface area contributed by atoms with Gasteiger partial charge in [-0.3, -0.25) is 0 Å². The lowest BCUT2D eigenvalue weighted by molar-refractivity contribution is 0.0467. The van der Waals surface area contributed by atoms with Gasteiger partial charge in [-0.25, -0.2) is 9.18 Å². The van der Waals surface area contributed by atoms with Gasteiger partial charge in [-0.1, -0.05) is 30.3 Å². The molecule has 2 aromatic carbocycles. The molecule has 19 heavy (non-hydrogen) atoms. The highest BCUT2D eigenvalue weighted by molar-refractivity contribution is 5.92. The van der Waals surface area contributed by atoms with Crippen LogP contribution in [0.1, 0.15) is 15.9 Å². The van der Waals surface area contributed by atoms with Crippen LogP contribution < -0.4 is 11.5 Å². The van der Waals surface area contributed by atoms with Crippen LogP contribution in [0.5, 0.6) is 0 Å². The van der Waals surface area contributed by atoms with Crippen molar-refractivity contribution >= 4 is 17.3 Å². The zero-order chi connectivity index (χ0) is 13.8. The summed E-state index contributed by atoms with van der Waals surface area (Å²) in [4.78, 5) is 11.7. The van der Waals surface area contributed by atoms with E-state index >= 15 is 0 Å². The molecule has 0 aromatic heterocycles. The fourth-order valence-electron chi connectivity index (χ4n) is 1.56. The van der Waals surface area contributed by atoms with E-state index in [2.05, 4.69) is 0 Å². The van der Waals surface area contributed by atoms with Gasteiger partial charge in [0.15, 0.2) is 0 Å². The molecule has 0 aliphatic carbocycles. The molecular weight excluding hydrogens is 247 g/mol. The van der Waals surface area contributed by atoms with Crippen LogP contribution in [0.4, 0.5) is 15.8 Å². The Hall–Kier alpha value is -2.56. The molecule has 0 aliphatic rings. The molecule has 0 spiro atoms. The third-order valence-electron chi connectivity index (χ3n) is 2.61. The second kappa shape index (κ2) is 5.39. The Morgan fingerprint density at radius 1 is 1.11 bits per heavy atom. The molecule has 4 nitrogen and oxygen atoms in total. The van der Waals surface area contributed by atoms with Crippen LogP contribution >= 0.6 is 0 Å². The number of nitrogens with two attached hydrogens (primary N) is 2. The van der Waals surface area contributed by atoms with Crippen LogP contribution in [0.15, 0.2) is 42.5 Å². The average molecular weight is 260 g/mol. The number of halogens is 1. The zero-order valence-electron chi connectivity index (χ0n) is 10.1. The van der Waals surface area contributed by atoms with Gasteiger partial charge < -0.3 is 16.2 Å². The molecule has 0 atom stereocenters. The van der Waals surface area contributed by atoms with Gasteiger partial charge in [0.05, 0.1) is 16.9 Å². The van der Waals surface area contributed by atoms with Gasteiger partial charge in [0.25, 0.3) is 0 Å². The van der Waals surface area contributed by atoms with E-state index in [4.69, 9.17) is 16.2 Å². The largest absolute Gasteiger partial charge is 0.457 e. The molecule has 0 fully saturated rings. The minimum Gasteiger partial charge on any atom is -0.457 e. The molecule has 0 unspecified atom stereocenters. The normalized spacial score (nSPS) is 10.2. The molecule has 0 heterocycles. The van der Waals surface area contributed by atoms with Crippen molar-refractivity contribution in [2.75, 3.05) is 11.5 Å². The van der Waals surface area contributed by atoms with Crippen LogP contribution in [-0.4, -0.2) is 5.97 Å². The van der Waals surface area contributed by atoms with E-state index in [-0.39, 0.29) is 23.5 Å². The lowest BCUT2D eigenvalue weighted by Crippen LogP contribution is -2.09. The fourth-order valence-corrected chi connectivity index (χ4v) is 1.56. The Labute approximate surface area is 109 Å². The third kappa shape index (κ3) is 3.01. The Kier molecular flexibility index (Phi) is 3.66. The number of hydrogen-bond donors (Lipinski definition) is 2. The molecular formula is C14H13FN2O2. The molecule has 5 heteroatoms. The number of benzene rings is 2. The topological polar surface area (TPSA) is 78.3 Å². The smallest absolute Gasteiger partial charge is 0.341 e. The summed E-state index contributed by atoms with van der Waals surface area (Å²) in [7, 11) is 0. The van der Waals surface area contributed by atoms with Gasteiger partial charge in [0.1, 0.15) is 12.4 Å². The summed E-state index contributed by atoms with van der Waals surface area (Å²) in [5, 5.41) is 0. The predicted molar refractivity (Wildman–Crippen MR) is 70.8 cm³/mol. The molecule has 0 amide bonds. The number of rotatable bonds is 3. The Morgan fingerprint density at radius 3 is 2.42 bits per heavy atom. The Balaban J connectivity index is 2.10.